The van der Waals surface area contributed by atoms with Gasteiger partial charge in [-0.15, -0.1) is 0 Å². The molecule has 0 spiro atoms. The molecule has 0 saturated carbocycles. The molecule has 1 N–H and O–H groups in total. The Morgan fingerprint density at radius 1 is 0.897 bits per heavy atom. The fourth-order valence-corrected chi connectivity index (χ4v) is 4.28. The van der Waals surface area contributed by atoms with E-state index in [4.69, 9.17) is 9.47 Å². The minimum absolute atomic E-state index is 0.0838. The number of benzene rings is 2. The molecule has 8 heteroatoms. The van der Waals surface area contributed by atoms with E-state index in [-0.39, 0.29) is 24.6 Å². The van der Waals surface area contributed by atoms with Gasteiger partial charge in [-0.25, -0.2) is 0 Å². The number of fused-ring (bicyclic) bond motifs is 1. The molecule has 0 radical (unpaired) electrons. The van der Waals surface area contributed by atoms with Gasteiger partial charge in [-0.1, -0.05) is 52.5 Å². The van der Waals surface area contributed by atoms with Crippen molar-refractivity contribution in [3.8, 4) is 5.75 Å². The first-order valence-corrected chi connectivity index (χ1v) is 13.3. The largest absolute Gasteiger partial charge is 0.496 e. The van der Waals surface area contributed by atoms with Crippen molar-refractivity contribution >= 4 is 34.3 Å². The molecular weight excluding hydrogens is 494 g/mol. The first kappa shape index (κ1) is 30.9. The minimum Gasteiger partial charge on any atom is -0.496 e. The number of H-pyrrole nitrogens is 1. The maximum absolute atomic E-state index is 13.3. The van der Waals surface area contributed by atoms with E-state index < -0.39 is 11.7 Å². The summed E-state index contributed by atoms with van der Waals surface area (Å²) in [6.45, 7) is 14.7. The Labute approximate surface area is 230 Å². The second-order valence-electron chi connectivity index (χ2n) is 7.98. The molecule has 0 bridgehead atoms. The quantitative estimate of drug-likeness (QED) is 0.231. The summed E-state index contributed by atoms with van der Waals surface area (Å²) in [7, 11) is 1.51. The highest BCUT2D eigenvalue weighted by atomic mass is 16.5. The van der Waals surface area contributed by atoms with Crippen LogP contribution in [0.4, 0.5) is 0 Å². The Balaban J connectivity index is 0.00000127. The molecule has 0 unspecified atom stereocenters. The Bertz CT molecular complexity index is 1300. The number of methoxy groups -OCH3 is 1. The lowest BCUT2D eigenvalue weighted by Crippen LogP contribution is -2.52. The highest BCUT2D eigenvalue weighted by Crippen LogP contribution is 2.35. The van der Waals surface area contributed by atoms with Crippen LogP contribution in [0.5, 0.6) is 5.75 Å². The molecule has 8 nitrogen and oxygen atoms in total. The third kappa shape index (κ3) is 6.76. The van der Waals surface area contributed by atoms with Crippen LogP contribution in [0.2, 0.25) is 0 Å². The van der Waals surface area contributed by atoms with Crippen LogP contribution in [0.3, 0.4) is 0 Å². The second kappa shape index (κ2) is 15.2. The van der Waals surface area contributed by atoms with E-state index in [0.717, 1.165) is 0 Å². The zero-order chi connectivity index (χ0) is 28.9. The zero-order valence-electron chi connectivity index (χ0n) is 23.7. The molecule has 4 rings (SSSR count). The van der Waals surface area contributed by atoms with Crippen LogP contribution in [0, 0.1) is 0 Å². The molecule has 39 heavy (non-hydrogen) atoms. The first-order valence-electron chi connectivity index (χ1n) is 13.3. The molecule has 2 amide bonds. The Kier molecular flexibility index (Phi) is 12.0. The van der Waals surface area contributed by atoms with Gasteiger partial charge in [0.05, 0.1) is 29.8 Å². The van der Waals surface area contributed by atoms with Crippen LogP contribution in [-0.2, 0) is 9.53 Å². The van der Waals surface area contributed by atoms with Crippen LogP contribution >= 0.6 is 0 Å². The summed E-state index contributed by atoms with van der Waals surface area (Å²) in [5, 5.41) is 0.508. The summed E-state index contributed by atoms with van der Waals surface area (Å²) in [6.07, 6.45) is 4.63. The van der Waals surface area contributed by atoms with Gasteiger partial charge >= 0.3 is 0 Å². The predicted octanol–water partition coefficient (Wildman–Crippen LogP) is 5.92. The summed E-state index contributed by atoms with van der Waals surface area (Å²) in [5.41, 5.74) is 2.16. The molecule has 1 fully saturated rings. The van der Waals surface area contributed by atoms with Crippen LogP contribution in [0.15, 0.2) is 67.6 Å². The second-order valence-corrected chi connectivity index (χ2v) is 7.98. The molecule has 1 aliphatic rings. The first-order chi connectivity index (χ1) is 19.0. The third-order valence-corrected chi connectivity index (χ3v) is 6.07. The summed E-state index contributed by atoms with van der Waals surface area (Å²) in [5.74, 6) is -0.313. The summed E-state index contributed by atoms with van der Waals surface area (Å²) < 4.78 is 11.0. The number of ether oxygens (including phenoxy) is 2. The van der Waals surface area contributed by atoms with Gasteiger partial charge in [-0.3, -0.25) is 14.4 Å². The molecule has 1 aliphatic heterocycles. The third-order valence-electron chi connectivity index (χ3n) is 6.07. The van der Waals surface area contributed by atoms with E-state index in [1.807, 2.05) is 58.9 Å². The highest BCUT2D eigenvalue weighted by molar-refractivity contribution is 6.45. The fourth-order valence-electron chi connectivity index (χ4n) is 4.28. The Hall–Kier alpha value is -4.33. The number of hydrogen-bond acceptors (Lipinski definition) is 5. The number of carbonyl (C=O) groups is 3. The number of amides is 2. The Morgan fingerprint density at radius 2 is 1.51 bits per heavy atom. The number of allylic oxidation sites excluding steroid dienone is 1. The fraction of sp³-hybridized carbons (Fsp3) is 0.323. The standard InChI is InChI=1S/C27H27N3O5.2C2H6/c1-4-21(35-5-2)19-11-12-22(34-3)23-20(17-28-24(19)23)25(31)27(33)30-15-13-29(14-16-30)26(32)18-9-7-6-8-10-18;2*1-2/h4-12,17,28H,2,13-16H2,1,3H3;2*1-2H3/b21-4-;;. The van der Waals surface area contributed by atoms with Gasteiger partial charge in [0.15, 0.2) is 0 Å². The van der Waals surface area contributed by atoms with Crippen molar-refractivity contribution in [2.24, 2.45) is 0 Å². The lowest BCUT2D eigenvalue weighted by molar-refractivity contribution is -0.127. The molecule has 1 aromatic heterocycles. The van der Waals surface area contributed by atoms with E-state index in [1.54, 1.807) is 29.2 Å². The zero-order valence-corrected chi connectivity index (χ0v) is 23.7. The maximum Gasteiger partial charge on any atom is 0.295 e. The van der Waals surface area contributed by atoms with Crippen molar-refractivity contribution in [2.45, 2.75) is 34.6 Å². The van der Waals surface area contributed by atoms with Crippen molar-refractivity contribution in [1.82, 2.24) is 14.8 Å². The molecule has 0 aliphatic carbocycles. The summed E-state index contributed by atoms with van der Waals surface area (Å²) in [6, 6.07) is 12.6. The van der Waals surface area contributed by atoms with Crippen LogP contribution in [0.25, 0.3) is 16.7 Å². The predicted molar refractivity (Wildman–Crippen MR) is 156 cm³/mol. The number of nitrogens with one attached hydrogen (secondary N) is 1. The van der Waals surface area contributed by atoms with Crippen LogP contribution in [0.1, 0.15) is 60.9 Å². The molecule has 2 aromatic carbocycles. The lowest BCUT2D eigenvalue weighted by atomic mass is 10.0. The van der Waals surface area contributed by atoms with Crippen molar-refractivity contribution in [3.05, 3.63) is 84.3 Å². The number of Topliss-reactive ketones (excluding diaryl/α,β-unsaturated/α-hetero) is 1. The van der Waals surface area contributed by atoms with Gasteiger partial charge in [0.2, 0.25) is 0 Å². The van der Waals surface area contributed by atoms with E-state index >= 15 is 0 Å². The van der Waals surface area contributed by atoms with E-state index in [0.29, 0.717) is 46.6 Å². The normalized spacial score (nSPS) is 12.9. The highest BCUT2D eigenvalue weighted by Gasteiger charge is 2.31. The molecule has 2 heterocycles. The van der Waals surface area contributed by atoms with Gasteiger partial charge in [0, 0.05) is 43.5 Å². The number of aromatic amines is 1. The summed E-state index contributed by atoms with van der Waals surface area (Å²) >= 11 is 0. The number of nitrogens with zero attached hydrogens (tertiary/aromatic N) is 2. The minimum atomic E-state index is -0.638. The van der Waals surface area contributed by atoms with Crippen molar-refractivity contribution in [1.29, 1.82) is 0 Å². The van der Waals surface area contributed by atoms with Gasteiger partial charge in [-0.05, 0) is 37.3 Å². The lowest BCUT2D eigenvalue weighted by Gasteiger charge is -2.34. The number of rotatable bonds is 7. The van der Waals surface area contributed by atoms with Crippen molar-refractivity contribution in [2.75, 3.05) is 33.3 Å². The SMILES string of the molecule is C=CO/C(=C\C)c1ccc(OC)c2c(C(=O)C(=O)N3CCN(C(=O)c4ccccc4)CC3)c[nH]c12.CC.CC. The number of aromatic nitrogens is 1. The van der Waals surface area contributed by atoms with Gasteiger partial charge in [0.25, 0.3) is 17.6 Å². The number of ketones is 1. The smallest absolute Gasteiger partial charge is 0.295 e. The van der Waals surface area contributed by atoms with E-state index in [1.165, 1.54) is 24.5 Å². The maximum atomic E-state index is 13.3. The van der Waals surface area contributed by atoms with Gasteiger partial charge < -0.3 is 24.3 Å². The summed E-state index contributed by atoms with van der Waals surface area (Å²) in [4.78, 5) is 45.4. The molecular formula is C31H39N3O5. The van der Waals surface area contributed by atoms with Crippen molar-refractivity contribution in [3.63, 3.8) is 0 Å². The number of carbonyl (C=O) groups excluding carboxylic acids is 3. The molecule has 3 aromatic rings. The average Bonchev–Trinajstić information content (AvgIpc) is 3.46. The van der Waals surface area contributed by atoms with Crippen LogP contribution in [-0.4, -0.2) is 65.7 Å². The number of piperazine rings is 1. The van der Waals surface area contributed by atoms with E-state index in [2.05, 4.69) is 11.6 Å². The average molecular weight is 534 g/mol. The topological polar surface area (TPSA) is 91.9 Å². The van der Waals surface area contributed by atoms with Crippen molar-refractivity contribution < 1.29 is 23.9 Å². The monoisotopic (exact) mass is 533 g/mol. The van der Waals surface area contributed by atoms with E-state index in [9.17, 15) is 14.4 Å². The van der Waals surface area contributed by atoms with Gasteiger partial charge in [-0.2, -0.15) is 0 Å². The number of hydrogen-bond donors (Lipinski definition) is 1. The molecule has 1 saturated heterocycles. The Morgan fingerprint density at radius 3 is 2.08 bits per heavy atom. The van der Waals surface area contributed by atoms with Crippen LogP contribution < -0.4 is 4.74 Å². The molecule has 208 valence electrons. The molecule has 0 atom stereocenters. The van der Waals surface area contributed by atoms with Gasteiger partial charge in [0.1, 0.15) is 11.5 Å².